The molecule has 1 aromatic rings. The number of thioether (sulfide) groups is 1. The maximum Gasteiger partial charge on any atom is 0.124 e. The van der Waals surface area contributed by atoms with Crippen LogP contribution in [0.4, 0.5) is 8.78 Å². The van der Waals surface area contributed by atoms with Gasteiger partial charge in [-0.3, -0.25) is 9.98 Å². The number of nitrogens with zero attached hydrogens (tertiary/aromatic N) is 3. The molecule has 4 nitrogen and oxygen atoms in total. The van der Waals surface area contributed by atoms with Gasteiger partial charge >= 0.3 is 0 Å². The summed E-state index contributed by atoms with van der Waals surface area (Å²) in [6.07, 6.45) is 9.31. The van der Waals surface area contributed by atoms with Crippen molar-refractivity contribution in [1.82, 2.24) is 10.2 Å². The Labute approximate surface area is 221 Å². The Kier molecular flexibility index (Phi) is 7.79. The highest BCUT2D eigenvalue weighted by Crippen LogP contribution is 2.45. The zero-order valence-electron chi connectivity index (χ0n) is 20.3. The van der Waals surface area contributed by atoms with Crippen LogP contribution >= 0.6 is 23.4 Å². The van der Waals surface area contributed by atoms with Crippen LogP contribution in [-0.2, 0) is 0 Å². The first-order chi connectivity index (χ1) is 17.5. The second-order valence-electron chi connectivity index (χ2n) is 9.67. The average molecular weight is 529 g/mol. The molecule has 1 aromatic carbocycles. The van der Waals surface area contributed by atoms with Gasteiger partial charge in [0, 0.05) is 41.5 Å². The number of alkyl halides is 1. The second-order valence-corrected chi connectivity index (χ2v) is 11.2. The molecule has 5 atom stereocenters. The lowest BCUT2D eigenvalue weighted by molar-refractivity contribution is 0.307. The molecular weight excluding hydrogens is 498 g/mol. The van der Waals surface area contributed by atoms with Crippen LogP contribution in [0.25, 0.3) is 0 Å². The summed E-state index contributed by atoms with van der Waals surface area (Å²) in [5.74, 6) is 1.02. The maximum atomic E-state index is 14.3. The molecule has 8 heteroatoms. The number of rotatable bonds is 8. The predicted octanol–water partition coefficient (Wildman–Crippen LogP) is 6.43. The Morgan fingerprint density at radius 1 is 1.31 bits per heavy atom. The van der Waals surface area contributed by atoms with Crippen molar-refractivity contribution in [2.45, 2.75) is 49.7 Å². The summed E-state index contributed by atoms with van der Waals surface area (Å²) < 4.78 is 28.3. The highest BCUT2D eigenvalue weighted by Gasteiger charge is 2.42. The van der Waals surface area contributed by atoms with Crippen molar-refractivity contribution in [3.8, 4) is 0 Å². The fraction of sp³-hybridized carbons (Fsp3) is 0.429. The van der Waals surface area contributed by atoms with Crippen molar-refractivity contribution in [2.24, 2.45) is 15.9 Å². The van der Waals surface area contributed by atoms with Crippen LogP contribution in [0.1, 0.15) is 37.8 Å². The number of amidine groups is 1. The van der Waals surface area contributed by atoms with Crippen LogP contribution < -0.4 is 5.32 Å². The average Bonchev–Trinajstić information content (AvgIpc) is 3.54. The molecule has 4 heterocycles. The van der Waals surface area contributed by atoms with Crippen molar-refractivity contribution in [3.05, 3.63) is 82.2 Å². The Hall–Kier alpha value is -2.22. The van der Waals surface area contributed by atoms with Crippen molar-refractivity contribution in [2.75, 3.05) is 19.6 Å². The van der Waals surface area contributed by atoms with E-state index < -0.39 is 18.3 Å². The molecular formula is C28H31ClF2N4S. The number of halogens is 3. The first-order valence-electron chi connectivity index (χ1n) is 12.5. The van der Waals surface area contributed by atoms with E-state index in [9.17, 15) is 8.78 Å². The molecule has 4 aliphatic heterocycles. The third kappa shape index (κ3) is 5.11. The highest BCUT2D eigenvalue weighted by molar-refractivity contribution is 8.03. The zero-order chi connectivity index (χ0) is 25.2. The fourth-order valence-corrected chi connectivity index (χ4v) is 6.56. The SMILES string of the molecule is C=CCNC[C@H]1CC2=C(C3=NC(C(C)F)CC=C3)[C@H](c3ccc(F)cc3Cl)N=C(C3CC=CS3)N2C1. The van der Waals surface area contributed by atoms with E-state index >= 15 is 0 Å². The monoisotopic (exact) mass is 528 g/mol. The van der Waals surface area contributed by atoms with Gasteiger partial charge in [-0.15, -0.1) is 18.3 Å². The Bertz CT molecular complexity index is 1160. The summed E-state index contributed by atoms with van der Waals surface area (Å²) in [7, 11) is 0. The standard InChI is InChI=1S/C28H31ClF2N4S/c1-3-11-32-15-18-13-24-26(23-7-4-6-22(33-23)17(2)30)27(20-10-9-19(31)14-21(20)29)34-28(35(24)16-18)25-8-5-12-36-25/h3-5,7,9-10,12,14,17-18,22,25,27,32H,1,6,8,11,13,15-16H2,2H3/t17?,18-,22?,25?,27+/m1/s1. The van der Waals surface area contributed by atoms with Gasteiger partial charge in [0.25, 0.3) is 0 Å². The van der Waals surface area contributed by atoms with Crippen LogP contribution in [0, 0.1) is 11.7 Å². The van der Waals surface area contributed by atoms with Gasteiger partial charge in [-0.05, 0) is 55.7 Å². The molecule has 5 rings (SSSR count). The van der Waals surface area contributed by atoms with Crippen molar-refractivity contribution in [3.63, 3.8) is 0 Å². The minimum Gasteiger partial charge on any atom is -0.332 e. The minimum absolute atomic E-state index is 0.214. The number of fused-ring (bicyclic) bond motifs is 1. The van der Waals surface area contributed by atoms with E-state index in [2.05, 4.69) is 28.3 Å². The van der Waals surface area contributed by atoms with E-state index in [4.69, 9.17) is 21.6 Å². The lowest BCUT2D eigenvalue weighted by Gasteiger charge is -2.36. The van der Waals surface area contributed by atoms with Crippen LogP contribution in [0.5, 0.6) is 0 Å². The van der Waals surface area contributed by atoms with E-state index in [1.54, 1.807) is 24.8 Å². The molecule has 0 amide bonds. The summed E-state index contributed by atoms with van der Waals surface area (Å²) in [5, 5.41) is 6.15. The quantitative estimate of drug-likeness (QED) is 0.312. The molecule has 1 N–H and O–H groups in total. The van der Waals surface area contributed by atoms with Crippen LogP contribution in [0.15, 0.2) is 75.7 Å². The summed E-state index contributed by atoms with van der Waals surface area (Å²) in [4.78, 5) is 12.5. The topological polar surface area (TPSA) is 40.0 Å². The number of nitrogens with one attached hydrogen (secondary N) is 1. The lowest BCUT2D eigenvalue weighted by atomic mass is 9.88. The number of dihydropyridines is 1. The van der Waals surface area contributed by atoms with Gasteiger partial charge < -0.3 is 10.2 Å². The van der Waals surface area contributed by atoms with Gasteiger partial charge in [0.05, 0.1) is 17.0 Å². The van der Waals surface area contributed by atoms with E-state index in [0.717, 1.165) is 55.2 Å². The smallest absolute Gasteiger partial charge is 0.124 e. The largest absolute Gasteiger partial charge is 0.332 e. The Morgan fingerprint density at radius 3 is 2.89 bits per heavy atom. The number of benzene rings is 1. The minimum atomic E-state index is -1.05. The highest BCUT2D eigenvalue weighted by atomic mass is 35.5. The molecule has 36 heavy (non-hydrogen) atoms. The van der Waals surface area contributed by atoms with E-state index in [1.165, 1.54) is 17.8 Å². The van der Waals surface area contributed by atoms with Gasteiger partial charge in [0.15, 0.2) is 0 Å². The molecule has 0 saturated carbocycles. The molecule has 0 aromatic heterocycles. The van der Waals surface area contributed by atoms with Crippen molar-refractivity contribution >= 4 is 34.9 Å². The summed E-state index contributed by atoms with van der Waals surface area (Å²) in [5.41, 5.74) is 3.61. The number of allylic oxidation sites excluding steroid dienone is 3. The third-order valence-electron chi connectivity index (χ3n) is 7.09. The van der Waals surface area contributed by atoms with Gasteiger partial charge in [-0.25, -0.2) is 8.78 Å². The molecule has 0 spiro atoms. The lowest BCUT2D eigenvalue weighted by Crippen LogP contribution is -2.40. The Morgan fingerprint density at radius 2 is 2.17 bits per heavy atom. The maximum absolute atomic E-state index is 14.3. The van der Waals surface area contributed by atoms with Gasteiger partial charge in [-0.2, -0.15) is 0 Å². The second kappa shape index (κ2) is 11.0. The van der Waals surface area contributed by atoms with Crippen molar-refractivity contribution in [1.29, 1.82) is 0 Å². The third-order valence-corrected chi connectivity index (χ3v) is 8.50. The van der Waals surface area contributed by atoms with Crippen LogP contribution in [0.2, 0.25) is 5.02 Å². The summed E-state index contributed by atoms with van der Waals surface area (Å²) >= 11 is 8.38. The fourth-order valence-electron chi connectivity index (χ4n) is 5.34. The van der Waals surface area contributed by atoms with Crippen LogP contribution in [0.3, 0.4) is 0 Å². The predicted molar refractivity (Wildman–Crippen MR) is 147 cm³/mol. The first-order valence-corrected chi connectivity index (χ1v) is 13.8. The first kappa shape index (κ1) is 25.4. The molecule has 1 saturated heterocycles. The zero-order valence-corrected chi connectivity index (χ0v) is 21.9. The Balaban J connectivity index is 1.63. The normalized spacial score (nSPS) is 28.3. The van der Waals surface area contributed by atoms with Crippen molar-refractivity contribution < 1.29 is 8.78 Å². The summed E-state index contributed by atoms with van der Waals surface area (Å²) in [6, 6.07) is 3.63. The molecule has 3 unspecified atom stereocenters. The van der Waals surface area contributed by atoms with E-state index in [-0.39, 0.29) is 11.1 Å². The van der Waals surface area contributed by atoms with Gasteiger partial charge in [0.1, 0.15) is 23.9 Å². The number of hydrogen-bond acceptors (Lipinski definition) is 5. The number of hydrogen-bond donors (Lipinski definition) is 1. The molecule has 0 bridgehead atoms. The molecule has 4 aliphatic rings. The summed E-state index contributed by atoms with van der Waals surface area (Å²) in [6.45, 7) is 7.83. The molecule has 1 fully saturated rings. The molecule has 0 aliphatic carbocycles. The van der Waals surface area contributed by atoms with Crippen LogP contribution in [-0.4, -0.2) is 53.5 Å². The van der Waals surface area contributed by atoms with Gasteiger partial charge in [-0.1, -0.05) is 35.9 Å². The van der Waals surface area contributed by atoms with Gasteiger partial charge in [0.2, 0.25) is 0 Å². The molecule has 190 valence electrons. The van der Waals surface area contributed by atoms with E-state index in [0.29, 0.717) is 17.4 Å². The van der Waals surface area contributed by atoms with E-state index in [1.807, 2.05) is 18.2 Å². The number of aliphatic imine (C=N–C) groups is 2. The molecule has 0 radical (unpaired) electrons.